The van der Waals surface area contributed by atoms with Crippen molar-refractivity contribution in [2.75, 3.05) is 19.7 Å². The van der Waals surface area contributed by atoms with Crippen LogP contribution in [0, 0.1) is 5.41 Å². The van der Waals surface area contributed by atoms with Crippen LogP contribution < -0.4 is 5.56 Å². The number of likely N-dealkylation sites (tertiary alicyclic amines) is 1. The Morgan fingerprint density at radius 3 is 2.62 bits per heavy atom. The Morgan fingerprint density at radius 2 is 1.86 bits per heavy atom. The molecule has 1 amide bonds. The van der Waals surface area contributed by atoms with Crippen LogP contribution in [-0.2, 0) is 6.42 Å². The molecule has 0 saturated carbocycles. The Bertz CT molecular complexity index is 1080. The van der Waals surface area contributed by atoms with Gasteiger partial charge in [0.05, 0.1) is 18.3 Å². The molecule has 0 aliphatic carbocycles. The van der Waals surface area contributed by atoms with Crippen molar-refractivity contribution in [3.05, 3.63) is 82.1 Å². The number of nitrogens with one attached hydrogen (secondary N) is 1. The van der Waals surface area contributed by atoms with Crippen LogP contribution in [0.2, 0.25) is 0 Å². The molecule has 0 radical (unpaired) electrons. The number of pyridine rings is 1. The molecule has 4 rings (SSSR count). The molecule has 0 unspecified atom stereocenters. The number of rotatable bonds is 4. The van der Waals surface area contributed by atoms with E-state index in [1.807, 2.05) is 36.4 Å². The lowest BCUT2D eigenvalue weighted by molar-refractivity contribution is -0.0668. The zero-order valence-corrected chi connectivity index (χ0v) is 16.0. The van der Waals surface area contributed by atoms with Gasteiger partial charge in [0.2, 0.25) is 5.56 Å². The van der Waals surface area contributed by atoms with Gasteiger partial charge < -0.3 is 20.1 Å². The number of amides is 1. The Balaban J connectivity index is 1.67. The molecule has 29 heavy (non-hydrogen) atoms. The third kappa shape index (κ3) is 3.69. The molecule has 1 fully saturated rings. The predicted octanol–water partition coefficient (Wildman–Crippen LogP) is 1.96. The summed E-state index contributed by atoms with van der Waals surface area (Å²) in [5.74, 6) is -0.259. The van der Waals surface area contributed by atoms with Gasteiger partial charge in [0.1, 0.15) is 0 Å². The van der Waals surface area contributed by atoms with Crippen LogP contribution in [-0.4, -0.2) is 51.8 Å². The molecule has 2 heterocycles. The lowest BCUT2D eigenvalue weighted by Gasteiger charge is -2.45. The summed E-state index contributed by atoms with van der Waals surface area (Å²) in [6, 6.07) is 18.2. The standard InChI is InChI=1S/C23H24N2O4/c26-15-23(13-16-6-2-1-3-7-16)14-25(11-10-20(23)27)22(29)18-12-21(28)24-19-9-5-4-8-17(18)19/h1-9,12,20,26-27H,10-11,13-15H2,(H,24,28)/t20-,23+/m0/s1. The van der Waals surface area contributed by atoms with Crippen LogP contribution in [0.4, 0.5) is 0 Å². The van der Waals surface area contributed by atoms with Crippen LogP contribution >= 0.6 is 0 Å². The molecule has 1 aliphatic heterocycles. The minimum Gasteiger partial charge on any atom is -0.396 e. The van der Waals surface area contributed by atoms with Gasteiger partial charge in [0.15, 0.2) is 0 Å². The van der Waals surface area contributed by atoms with E-state index < -0.39 is 11.5 Å². The zero-order valence-electron chi connectivity index (χ0n) is 16.0. The number of aliphatic hydroxyl groups is 2. The van der Waals surface area contributed by atoms with Gasteiger partial charge in [-0.2, -0.15) is 0 Å². The number of benzene rings is 2. The first kappa shape index (κ1) is 19.4. The van der Waals surface area contributed by atoms with Gasteiger partial charge >= 0.3 is 0 Å². The van der Waals surface area contributed by atoms with Crippen LogP contribution in [0.3, 0.4) is 0 Å². The van der Waals surface area contributed by atoms with E-state index in [1.54, 1.807) is 23.1 Å². The fraction of sp³-hybridized carbons (Fsp3) is 0.304. The molecule has 1 saturated heterocycles. The lowest BCUT2D eigenvalue weighted by Crippen LogP contribution is -2.56. The highest BCUT2D eigenvalue weighted by molar-refractivity contribution is 6.06. The largest absolute Gasteiger partial charge is 0.396 e. The number of fused-ring (bicyclic) bond motifs is 1. The van der Waals surface area contributed by atoms with E-state index in [1.165, 1.54) is 6.07 Å². The van der Waals surface area contributed by atoms with Crippen molar-refractivity contribution >= 4 is 16.8 Å². The molecule has 0 spiro atoms. The van der Waals surface area contributed by atoms with E-state index in [0.717, 1.165) is 5.56 Å². The molecule has 1 aliphatic rings. The van der Waals surface area contributed by atoms with Gasteiger partial charge in [-0.15, -0.1) is 0 Å². The number of aliphatic hydroxyl groups excluding tert-OH is 2. The van der Waals surface area contributed by atoms with Crippen molar-refractivity contribution in [2.45, 2.75) is 18.9 Å². The lowest BCUT2D eigenvalue weighted by atomic mass is 9.73. The maximum absolute atomic E-state index is 13.3. The summed E-state index contributed by atoms with van der Waals surface area (Å²) in [4.78, 5) is 29.8. The number of hydrogen-bond donors (Lipinski definition) is 3. The fourth-order valence-corrected chi connectivity index (χ4v) is 4.26. The van der Waals surface area contributed by atoms with Gasteiger partial charge in [-0.25, -0.2) is 0 Å². The van der Waals surface area contributed by atoms with Gasteiger partial charge in [-0.1, -0.05) is 48.5 Å². The highest BCUT2D eigenvalue weighted by atomic mass is 16.3. The summed E-state index contributed by atoms with van der Waals surface area (Å²) < 4.78 is 0. The van der Waals surface area contributed by atoms with Crippen LogP contribution in [0.1, 0.15) is 22.3 Å². The second kappa shape index (κ2) is 7.81. The van der Waals surface area contributed by atoms with Crippen molar-refractivity contribution in [1.82, 2.24) is 9.88 Å². The summed E-state index contributed by atoms with van der Waals surface area (Å²) in [7, 11) is 0. The number of piperidine rings is 1. The number of aromatic nitrogens is 1. The minimum atomic E-state index is -0.841. The summed E-state index contributed by atoms with van der Waals surface area (Å²) in [6.07, 6.45) is 0.124. The van der Waals surface area contributed by atoms with Crippen molar-refractivity contribution in [1.29, 1.82) is 0 Å². The van der Waals surface area contributed by atoms with Crippen molar-refractivity contribution in [3.8, 4) is 0 Å². The second-order valence-electron chi connectivity index (χ2n) is 7.81. The van der Waals surface area contributed by atoms with E-state index in [4.69, 9.17) is 0 Å². The molecule has 1 aromatic heterocycles. The summed E-state index contributed by atoms with van der Waals surface area (Å²) in [5, 5.41) is 21.6. The van der Waals surface area contributed by atoms with Crippen LogP contribution in [0.5, 0.6) is 0 Å². The Labute approximate surface area is 168 Å². The number of aromatic amines is 1. The average Bonchev–Trinajstić information content (AvgIpc) is 2.75. The average molecular weight is 392 g/mol. The topological polar surface area (TPSA) is 93.6 Å². The smallest absolute Gasteiger partial charge is 0.254 e. The Hall–Kier alpha value is -2.96. The van der Waals surface area contributed by atoms with Crippen molar-refractivity contribution in [3.63, 3.8) is 0 Å². The van der Waals surface area contributed by atoms with E-state index in [0.29, 0.717) is 35.9 Å². The highest BCUT2D eigenvalue weighted by Crippen LogP contribution is 2.34. The molecule has 6 heteroatoms. The maximum atomic E-state index is 13.3. The third-order valence-electron chi connectivity index (χ3n) is 5.87. The van der Waals surface area contributed by atoms with Crippen LogP contribution in [0.15, 0.2) is 65.5 Å². The number of H-pyrrole nitrogens is 1. The number of carbonyl (C=O) groups excluding carboxylic acids is 1. The summed E-state index contributed by atoms with van der Waals surface area (Å²) >= 11 is 0. The SMILES string of the molecule is O=C(c1cc(=O)[nH]c2ccccc12)N1CC[C@H](O)[C@](CO)(Cc2ccccc2)C1. The number of carbonyl (C=O) groups is 1. The molecule has 150 valence electrons. The fourth-order valence-electron chi connectivity index (χ4n) is 4.26. The van der Waals surface area contributed by atoms with Gasteiger partial charge in [-0.3, -0.25) is 9.59 Å². The molecular formula is C23H24N2O4. The normalized spacial score (nSPS) is 22.0. The highest BCUT2D eigenvalue weighted by Gasteiger charge is 2.44. The first-order chi connectivity index (χ1) is 14.0. The maximum Gasteiger partial charge on any atom is 0.254 e. The minimum absolute atomic E-state index is 0.222. The van der Waals surface area contributed by atoms with Gasteiger partial charge in [0.25, 0.3) is 5.91 Å². The quantitative estimate of drug-likeness (QED) is 0.633. The Morgan fingerprint density at radius 1 is 1.14 bits per heavy atom. The van der Waals surface area contributed by atoms with Crippen LogP contribution in [0.25, 0.3) is 10.9 Å². The monoisotopic (exact) mass is 392 g/mol. The van der Waals surface area contributed by atoms with E-state index in [-0.39, 0.29) is 24.6 Å². The number of para-hydroxylation sites is 1. The third-order valence-corrected chi connectivity index (χ3v) is 5.87. The molecule has 2 aromatic carbocycles. The van der Waals surface area contributed by atoms with E-state index in [9.17, 15) is 19.8 Å². The second-order valence-corrected chi connectivity index (χ2v) is 7.81. The molecule has 3 N–H and O–H groups in total. The Kier molecular flexibility index (Phi) is 5.22. The van der Waals surface area contributed by atoms with E-state index >= 15 is 0 Å². The molecular weight excluding hydrogens is 368 g/mol. The molecule has 3 aromatic rings. The zero-order chi connectivity index (χ0) is 20.4. The first-order valence-corrected chi connectivity index (χ1v) is 9.77. The first-order valence-electron chi connectivity index (χ1n) is 9.77. The predicted molar refractivity (Wildman–Crippen MR) is 111 cm³/mol. The summed E-state index contributed by atoms with van der Waals surface area (Å²) in [6.45, 7) is 0.361. The molecule has 2 atom stereocenters. The van der Waals surface area contributed by atoms with Gasteiger partial charge in [0, 0.05) is 35.5 Å². The number of nitrogens with zero attached hydrogens (tertiary/aromatic N) is 1. The van der Waals surface area contributed by atoms with E-state index in [2.05, 4.69) is 4.98 Å². The number of hydrogen-bond acceptors (Lipinski definition) is 4. The summed E-state index contributed by atoms with van der Waals surface area (Å²) in [5.41, 5.74) is 0.774. The van der Waals surface area contributed by atoms with Gasteiger partial charge in [-0.05, 0) is 24.5 Å². The molecule has 0 bridgehead atoms. The van der Waals surface area contributed by atoms with Crippen molar-refractivity contribution < 1.29 is 15.0 Å². The molecule has 6 nitrogen and oxygen atoms in total. The van der Waals surface area contributed by atoms with Crippen molar-refractivity contribution in [2.24, 2.45) is 5.41 Å².